The van der Waals surface area contributed by atoms with Crippen molar-refractivity contribution in [2.75, 3.05) is 26.2 Å². The molecule has 5 rings (SSSR count). The van der Waals surface area contributed by atoms with Crippen LogP contribution in [0.25, 0.3) is 0 Å². The van der Waals surface area contributed by atoms with Crippen molar-refractivity contribution in [1.29, 1.82) is 0 Å². The molecule has 3 amide bonds. The van der Waals surface area contributed by atoms with Crippen molar-refractivity contribution in [2.45, 2.75) is 55.8 Å². The number of carboxylic acid groups (broad SMARTS) is 1. The molecule has 0 unspecified atom stereocenters. The molecule has 2 heterocycles. The minimum Gasteiger partial charge on any atom is -0.475 e. The van der Waals surface area contributed by atoms with E-state index in [1.54, 1.807) is 9.80 Å². The average Bonchev–Trinajstić information content (AvgIpc) is 3.78. The highest BCUT2D eigenvalue weighted by Crippen LogP contribution is 2.43. The van der Waals surface area contributed by atoms with E-state index in [0.717, 1.165) is 29.5 Å². The zero-order chi connectivity index (χ0) is 34.0. The third-order valence-electron chi connectivity index (χ3n) is 8.60. The first-order valence-electron chi connectivity index (χ1n) is 15.5. The lowest BCUT2D eigenvalue weighted by Gasteiger charge is -2.38. The van der Waals surface area contributed by atoms with Gasteiger partial charge < -0.3 is 26.0 Å². The molecule has 0 radical (unpaired) electrons. The van der Waals surface area contributed by atoms with Gasteiger partial charge in [-0.3, -0.25) is 14.4 Å². The van der Waals surface area contributed by atoms with Crippen LogP contribution in [-0.4, -0.2) is 83.0 Å². The van der Waals surface area contributed by atoms with Crippen LogP contribution in [0.1, 0.15) is 48.8 Å². The summed E-state index contributed by atoms with van der Waals surface area (Å²) in [6.45, 7) is 1.79. The van der Waals surface area contributed by atoms with E-state index in [1.807, 2.05) is 54.6 Å². The summed E-state index contributed by atoms with van der Waals surface area (Å²) in [6, 6.07) is 29.4. The smallest absolute Gasteiger partial charge is 0.475 e. The van der Waals surface area contributed by atoms with Crippen LogP contribution in [0.4, 0.5) is 13.2 Å². The predicted molar refractivity (Wildman–Crippen MR) is 169 cm³/mol. The van der Waals surface area contributed by atoms with Crippen molar-refractivity contribution in [3.05, 3.63) is 108 Å². The highest BCUT2D eigenvalue weighted by molar-refractivity contribution is 5.93. The van der Waals surface area contributed by atoms with Gasteiger partial charge in [0.1, 0.15) is 12.1 Å². The predicted octanol–water partition coefficient (Wildman–Crippen LogP) is 4.10. The zero-order valence-electron chi connectivity index (χ0n) is 25.9. The van der Waals surface area contributed by atoms with Gasteiger partial charge in [0.25, 0.3) is 0 Å². The van der Waals surface area contributed by atoms with E-state index in [9.17, 15) is 27.6 Å². The minimum absolute atomic E-state index is 0.0595. The summed E-state index contributed by atoms with van der Waals surface area (Å²) in [5, 5.41) is 9.96. The number of benzene rings is 3. The SMILES string of the molecule is NCCNC(=O)[C@H]1CCCN1C(=O)[C@@H]1CCCN1C(=O)CC(c1ccccc1)(c1ccccc1)c1ccccc1.O=C(O)C(F)(F)F. The second kappa shape index (κ2) is 15.7. The van der Waals surface area contributed by atoms with Crippen molar-refractivity contribution in [3.63, 3.8) is 0 Å². The summed E-state index contributed by atoms with van der Waals surface area (Å²) >= 11 is 0. The lowest BCUT2D eigenvalue weighted by molar-refractivity contribution is -0.192. The fourth-order valence-electron chi connectivity index (χ4n) is 6.43. The standard InChI is InChI=1S/C33H38N4O3.C2HF3O2/c34-20-21-35-31(39)28-18-10-23-37(28)32(40)29-19-11-22-36(29)30(38)24-33(25-12-4-1-5-13-25,26-14-6-2-7-15-26)27-16-8-3-9-17-27;3-2(4,5)1(6)7/h1-9,12-17,28-29H,10-11,18-24,34H2,(H,35,39);(H,6,7)/t28-,29+;/m1./s1. The number of aliphatic carboxylic acids is 1. The number of nitrogens with zero attached hydrogens (tertiary/aromatic N) is 2. The van der Waals surface area contributed by atoms with Crippen LogP contribution in [0.15, 0.2) is 91.0 Å². The van der Waals surface area contributed by atoms with E-state index in [4.69, 9.17) is 15.6 Å². The first-order chi connectivity index (χ1) is 22.5. The molecule has 2 aliphatic rings. The van der Waals surface area contributed by atoms with Gasteiger partial charge in [-0.25, -0.2) is 4.79 Å². The number of alkyl halides is 3. The molecule has 0 saturated carbocycles. The molecule has 2 saturated heterocycles. The maximum absolute atomic E-state index is 14.3. The molecule has 2 atom stereocenters. The van der Waals surface area contributed by atoms with E-state index >= 15 is 0 Å². The Hall–Kier alpha value is -4.71. The van der Waals surface area contributed by atoms with E-state index in [0.29, 0.717) is 39.0 Å². The van der Waals surface area contributed by atoms with Crippen molar-refractivity contribution < 1.29 is 37.5 Å². The summed E-state index contributed by atoms with van der Waals surface area (Å²) < 4.78 is 31.7. The highest BCUT2D eigenvalue weighted by Gasteiger charge is 2.45. The van der Waals surface area contributed by atoms with E-state index in [2.05, 4.69) is 41.7 Å². The number of hydrogen-bond donors (Lipinski definition) is 3. The lowest BCUT2D eigenvalue weighted by atomic mass is 9.67. The molecule has 3 aromatic rings. The van der Waals surface area contributed by atoms with Gasteiger partial charge in [-0.2, -0.15) is 13.2 Å². The number of nitrogens with two attached hydrogens (primary N) is 1. The number of carboxylic acids is 1. The highest BCUT2D eigenvalue weighted by atomic mass is 19.4. The zero-order valence-corrected chi connectivity index (χ0v) is 25.9. The van der Waals surface area contributed by atoms with Crippen LogP contribution in [0.5, 0.6) is 0 Å². The molecule has 0 bridgehead atoms. The molecule has 9 nitrogen and oxygen atoms in total. The number of carbonyl (C=O) groups is 4. The van der Waals surface area contributed by atoms with Crippen molar-refractivity contribution in [1.82, 2.24) is 15.1 Å². The molecule has 0 spiro atoms. The lowest BCUT2D eigenvalue weighted by Crippen LogP contribution is -2.53. The Kier molecular flexibility index (Phi) is 11.8. The van der Waals surface area contributed by atoms with Gasteiger partial charge in [-0.05, 0) is 42.4 Å². The van der Waals surface area contributed by atoms with Crippen molar-refractivity contribution >= 4 is 23.7 Å². The summed E-state index contributed by atoms with van der Waals surface area (Å²) in [5.74, 6) is -3.10. The number of carbonyl (C=O) groups excluding carboxylic acids is 3. The monoisotopic (exact) mass is 652 g/mol. The van der Waals surface area contributed by atoms with Crippen LogP contribution in [0.2, 0.25) is 0 Å². The summed E-state index contributed by atoms with van der Waals surface area (Å²) in [7, 11) is 0. The molecule has 2 aliphatic heterocycles. The Bertz CT molecular complexity index is 1410. The number of likely N-dealkylation sites (tertiary alicyclic amines) is 2. The molecule has 12 heteroatoms. The number of amides is 3. The second-order valence-corrected chi connectivity index (χ2v) is 11.5. The third kappa shape index (κ3) is 8.18. The quantitative estimate of drug-likeness (QED) is 0.298. The Morgan fingerprint density at radius 3 is 1.60 bits per heavy atom. The van der Waals surface area contributed by atoms with Crippen LogP contribution in [0.3, 0.4) is 0 Å². The van der Waals surface area contributed by atoms with E-state index in [-0.39, 0.29) is 24.1 Å². The molecule has 4 N–H and O–H groups in total. The number of hydrogen-bond acceptors (Lipinski definition) is 5. The second-order valence-electron chi connectivity index (χ2n) is 11.5. The number of halogens is 3. The molecule has 2 fully saturated rings. The fraction of sp³-hybridized carbons (Fsp3) is 0.371. The third-order valence-corrected chi connectivity index (χ3v) is 8.60. The Labute approximate surface area is 271 Å². The molecular formula is C35H39F3N4O5. The number of nitrogens with one attached hydrogen (secondary N) is 1. The van der Waals surface area contributed by atoms with Gasteiger partial charge >= 0.3 is 12.1 Å². The summed E-state index contributed by atoms with van der Waals surface area (Å²) in [4.78, 5) is 53.3. The molecule has 47 heavy (non-hydrogen) atoms. The van der Waals surface area contributed by atoms with Gasteiger partial charge in [0.2, 0.25) is 17.7 Å². The van der Waals surface area contributed by atoms with Crippen LogP contribution in [0, 0.1) is 0 Å². The normalized spacial score (nSPS) is 17.9. The molecular weight excluding hydrogens is 613 g/mol. The van der Waals surface area contributed by atoms with Crippen molar-refractivity contribution in [2.24, 2.45) is 5.73 Å². The van der Waals surface area contributed by atoms with E-state index < -0.39 is 29.6 Å². The summed E-state index contributed by atoms with van der Waals surface area (Å²) in [6.07, 6.45) is -2.13. The average molecular weight is 653 g/mol. The maximum Gasteiger partial charge on any atom is 0.490 e. The topological polar surface area (TPSA) is 133 Å². The summed E-state index contributed by atoms with van der Waals surface area (Å²) in [5.41, 5.74) is 7.91. The number of rotatable bonds is 9. The van der Waals surface area contributed by atoms with Gasteiger partial charge in [0.05, 0.1) is 5.41 Å². The minimum atomic E-state index is -5.08. The Morgan fingerprint density at radius 1 is 0.745 bits per heavy atom. The molecule has 0 aliphatic carbocycles. The van der Waals surface area contributed by atoms with Crippen LogP contribution >= 0.6 is 0 Å². The largest absolute Gasteiger partial charge is 0.490 e. The molecule has 250 valence electrons. The fourth-order valence-corrected chi connectivity index (χ4v) is 6.43. The van der Waals surface area contributed by atoms with Gasteiger partial charge in [0, 0.05) is 32.6 Å². The van der Waals surface area contributed by atoms with Crippen LogP contribution in [-0.2, 0) is 24.6 Å². The van der Waals surface area contributed by atoms with Crippen LogP contribution < -0.4 is 11.1 Å². The first kappa shape index (κ1) is 35.1. The molecule has 0 aromatic heterocycles. The maximum atomic E-state index is 14.3. The van der Waals surface area contributed by atoms with Gasteiger partial charge in [-0.15, -0.1) is 0 Å². The van der Waals surface area contributed by atoms with Crippen molar-refractivity contribution in [3.8, 4) is 0 Å². The Balaban J connectivity index is 0.000000644. The Morgan fingerprint density at radius 2 is 1.17 bits per heavy atom. The molecule has 3 aromatic carbocycles. The van der Waals surface area contributed by atoms with E-state index in [1.165, 1.54) is 0 Å². The van der Waals surface area contributed by atoms with Gasteiger partial charge in [-0.1, -0.05) is 91.0 Å². The first-order valence-corrected chi connectivity index (χ1v) is 15.5. The van der Waals surface area contributed by atoms with Gasteiger partial charge in [0.15, 0.2) is 0 Å².